The van der Waals surface area contributed by atoms with Crippen molar-refractivity contribution < 1.29 is 85.3 Å². The maximum atomic E-state index is 12.8. The Bertz CT molecular complexity index is 742. The Morgan fingerprint density at radius 1 is 0.388 bits per heavy atom. The van der Waals surface area contributed by atoms with E-state index in [9.17, 15) is 9.50 Å². The van der Waals surface area contributed by atoms with Crippen molar-refractivity contribution in [1.82, 2.24) is 0 Å². The molecule has 0 bridgehead atoms. The van der Waals surface area contributed by atoms with Crippen LogP contribution in [-0.4, -0.2) is 210 Å². The lowest BCUT2D eigenvalue weighted by Gasteiger charge is -2.44. The van der Waals surface area contributed by atoms with E-state index in [1.54, 1.807) is 56.9 Å². The summed E-state index contributed by atoms with van der Waals surface area (Å²) in [7, 11) is 20.2. The van der Waals surface area contributed by atoms with Crippen molar-refractivity contribution >= 4 is 0 Å². The van der Waals surface area contributed by atoms with Crippen LogP contribution >= 0.6 is 0 Å². The number of halogens is 1. The van der Waals surface area contributed by atoms with Crippen LogP contribution in [0.3, 0.4) is 0 Å². The van der Waals surface area contributed by atoms with Crippen LogP contribution in [0.15, 0.2) is 0 Å². The molecule has 15 atom stereocenters. The molecule has 3 aliphatic heterocycles. The first kappa shape index (κ1) is 46.3. The van der Waals surface area contributed by atoms with E-state index < -0.39 is 56.1 Å². The third kappa shape index (κ3) is 11.9. The van der Waals surface area contributed by atoms with Gasteiger partial charge in [0.15, 0.2) is 18.9 Å². The van der Waals surface area contributed by atoms with Crippen molar-refractivity contribution in [2.45, 2.75) is 92.1 Å². The quantitative estimate of drug-likeness (QED) is 0.222. The van der Waals surface area contributed by atoms with E-state index in [4.69, 9.17) is 75.8 Å². The highest BCUT2D eigenvalue weighted by atomic mass is 19.1. The second kappa shape index (κ2) is 25.3. The van der Waals surface area contributed by atoms with Crippen LogP contribution < -0.4 is 0 Å². The molecule has 0 saturated carbocycles. The van der Waals surface area contributed by atoms with Gasteiger partial charge in [0.2, 0.25) is 0 Å². The highest BCUT2D eigenvalue weighted by Gasteiger charge is 2.49. The maximum Gasteiger partial charge on any atom is 0.186 e. The number of aliphatic hydroxyl groups is 1. The van der Waals surface area contributed by atoms with Crippen LogP contribution in [-0.2, 0) is 75.8 Å². The summed E-state index contributed by atoms with van der Waals surface area (Å²) in [5.74, 6) is 0. The normalized spacial score (nSPS) is 39.4. The molecule has 0 aromatic carbocycles. The Labute approximate surface area is 289 Å². The summed E-state index contributed by atoms with van der Waals surface area (Å²) in [6.07, 6.45) is -6.47. The maximum absolute atomic E-state index is 12.8. The van der Waals surface area contributed by atoms with Crippen molar-refractivity contribution in [3.63, 3.8) is 0 Å². The first-order chi connectivity index (χ1) is 23.7. The minimum absolute atomic E-state index is 0.158. The van der Waals surface area contributed by atoms with Gasteiger partial charge in [0.25, 0.3) is 0 Å². The fraction of sp³-hybridized carbons (Fsp3) is 1.00. The smallest absolute Gasteiger partial charge is 0.186 e. The molecule has 0 aliphatic carbocycles. The average molecular weight is 725 g/mol. The molecular weight excluding hydrogens is 663 g/mol. The highest BCUT2D eigenvalue weighted by Crippen LogP contribution is 2.29. The van der Waals surface area contributed by atoms with Crippen molar-refractivity contribution in [2.75, 3.05) is 112 Å². The van der Waals surface area contributed by atoms with Crippen LogP contribution in [0.2, 0.25) is 0 Å². The van der Waals surface area contributed by atoms with E-state index in [1.807, 2.05) is 0 Å². The molecule has 3 saturated heterocycles. The lowest BCUT2D eigenvalue weighted by atomic mass is 9.98. The Balaban J connectivity index is 0.000000368. The van der Waals surface area contributed by atoms with Crippen molar-refractivity contribution in [2.24, 2.45) is 0 Å². The predicted molar refractivity (Wildman–Crippen MR) is 169 cm³/mol. The molecule has 15 unspecified atom stereocenters. The minimum Gasteiger partial charge on any atom is -0.394 e. The number of hydrogen-bond acceptors (Lipinski definition) is 17. The van der Waals surface area contributed by atoms with E-state index in [-0.39, 0.29) is 49.3 Å². The van der Waals surface area contributed by atoms with Crippen LogP contribution in [0, 0.1) is 0 Å². The van der Waals surface area contributed by atoms with Gasteiger partial charge in [-0.25, -0.2) is 4.39 Å². The van der Waals surface area contributed by atoms with Crippen LogP contribution in [0.4, 0.5) is 4.39 Å². The molecule has 0 amide bonds. The van der Waals surface area contributed by atoms with Gasteiger partial charge in [-0.1, -0.05) is 0 Å². The molecule has 3 aliphatic rings. The number of rotatable bonds is 16. The molecule has 17 nitrogen and oxygen atoms in total. The molecule has 0 spiro atoms. The zero-order valence-electron chi connectivity index (χ0n) is 31.1. The Hall–Kier alpha value is -0.750. The number of hydrogen-bond donors (Lipinski definition) is 1. The standard InChI is InChI=1S/C11H22O6.C10H19FO5.C10H20O6/c1-12-6-7-8(13-2)9(14-3)10(15-4)11(16-5)17-7;2*1-12-7-6(5-11)16-10(15-4)9(14-3)8(7)13-2/h7-11H,6H2,1-5H3;6-10H,5H2,1-4H3;6-11H,5H2,1-4H3. The van der Waals surface area contributed by atoms with Crippen molar-refractivity contribution in [3.05, 3.63) is 0 Å². The number of aliphatic hydroxyl groups excluding tert-OH is 1. The summed E-state index contributed by atoms with van der Waals surface area (Å²) in [6, 6.07) is 0. The van der Waals surface area contributed by atoms with Gasteiger partial charge in [-0.3, -0.25) is 0 Å². The van der Waals surface area contributed by atoms with E-state index in [0.29, 0.717) is 6.61 Å². The monoisotopic (exact) mass is 724 g/mol. The first-order valence-electron chi connectivity index (χ1n) is 15.6. The number of alkyl halides is 1. The second-order valence-corrected chi connectivity index (χ2v) is 10.9. The Morgan fingerprint density at radius 3 is 0.939 bits per heavy atom. The van der Waals surface area contributed by atoms with E-state index in [2.05, 4.69) is 0 Å². The molecular formula is C31H61FO17. The lowest BCUT2D eigenvalue weighted by molar-refractivity contribution is -0.307. The number of methoxy groups -OCH3 is 13. The van der Waals surface area contributed by atoms with Crippen LogP contribution in [0.5, 0.6) is 0 Å². The lowest BCUT2D eigenvalue weighted by Crippen LogP contribution is -2.61. The van der Waals surface area contributed by atoms with Gasteiger partial charge in [-0.05, 0) is 0 Å². The minimum atomic E-state index is -0.703. The largest absolute Gasteiger partial charge is 0.394 e. The fourth-order valence-electron chi connectivity index (χ4n) is 6.18. The first-order valence-corrected chi connectivity index (χ1v) is 15.6. The van der Waals surface area contributed by atoms with E-state index >= 15 is 0 Å². The summed E-state index contributed by atoms with van der Waals surface area (Å²) in [6.45, 7) is -0.405. The predicted octanol–water partition coefficient (Wildman–Crippen LogP) is -0.184. The fourth-order valence-corrected chi connectivity index (χ4v) is 6.18. The van der Waals surface area contributed by atoms with Gasteiger partial charge in [0.1, 0.15) is 79.9 Å². The summed E-state index contributed by atoms with van der Waals surface area (Å²) in [5, 5.41) is 9.22. The van der Waals surface area contributed by atoms with Gasteiger partial charge in [-0.15, -0.1) is 0 Å². The van der Waals surface area contributed by atoms with Crippen LogP contribution in [0.1, 0.15) is 0 Å². The SMILES string of the molecule is COC1OC(CF)C(OC)C(OC)C1OC.COC1OC(CO)C(OC)C(OC)C1OC.COCC1OC(OC)C(OC)C(OC)C1OC. The topological polar surface area (TPSA) is 168 Å². The zero-order chi connectivity index (χ0) is 37.1. The Morgan fingerprint density at radius 2 is 0.673 bits per heavy atom. The molecule has 49 heavy (non-hydrogen) atoms. The number of ether oxygens (including phenoxy) is 16. The molecule has 0 aromatic rings. The average Bonchev–Trinajstić information content (AvgIpc) is 3.15. The van der Waals surface area contributed by atoms with Gasteiger partial charge in [0.05, 0.1) is 13.2 Å². The third-order valence-corrected chi connectivity index (χ3v) is 8.58. The summed E-state index contributed by atoms with van der Waals surface area (Å²) in [5.41, 5.74) is 0. The van der Waals surface area contributed by atoms with Crippen LogP contribution in [0.25, 0.3) is 0 Å². The van der Waals surface area contributed by atoms with Gasteiger partial charge in [-0.2, -0.15) is 0 Å². The molecule has 3 fully saturated rings. The third-order valence-electron chi connectivity index (χ3n) is 8.58. The summed E-state index contributed by atoms with van der Waals surface area (Å²) >= 11 is 0. The molecule has 294 valence electrons. The van der Waals surface area contributed by atoms with E-state index in [1.165, 1.54) is 35.5 Å². The van der Waals surface area contributed by atoms with E-state index in [0.717, 1.165) is 0 Å². The summed E-state index contributed by atoms with van der Waals surface area (Å²) in [4.78, 5) is 0. The molecule has 1 N–H and O–H groups in total. The second-order valence-electron chi connectivity index (χ2n) is 10.9. The Kier molecular flexibility index (Phi) is 23.9. The molecule has 3 rings (SSSR count). The van der Waals surface area contributed by atoms with Crippen molar-refractivity contribution in [1.29, 1.82) is 0 Å². The van der Waals surface area contributed by atoms with Crippen molar-refractivity contribution in [3.8, 4) is 0 Å². The zero-order valence-corrected chi connectivity index (χ0v) is 31.1. The highest BCUT2D eigenvalue weighted by molar-refractivity contribution is 4.94. The summed E-state index contributed by atoms with van der Waals surface area (Å²) < 4.78 is 97.9. The molecule has 0 aromatic heterocycles. The molecule has 18 heteroatoms. The van der Waals surface area contributed by atoms with Gasteiger partial charge < -0.3 is 80.9 Å². The van der Waals surface area contributed by atoms with Gasteiger partial charge >= 0.3 is 0 Å². The molecule has 3 heterocycles. The molecule has 0 radical (unpaired) electrons. The van der Waals surface area contributed by atoms with Gasteiger partial charge in [0, 0.05) is 92.4 Å².